The van der Waals surface area contributed by atoms with Crippen molar-refractivity contribution in [2.24, 2.45) is 5.92 Å². The molecule has 1 N–H and O–H groups in total. The first-order valence-electron chi connectivity index (χ1n) is 9.01. The van der Waals surface area contributed by atoms with E-state index in [4.69, 9.17) is 0 Å². The van der Waals surface area contributed by atoms with Gasteiger partial charge >= 0.3 is 0 Å². The van der Waals surface area contributed by atoms with Crippen molar-refractivity contribution in [2.45, 2.75) is 32.7 Å². The Hall–Kier alpha value is -2.76. The lowest BCUT2D eigenvalue weighted by molar-refractivity contribution is -0.124. The molecule has 6 heteroatoms. The smallest absolute Gasteiger partial charge is 0.256 e. The molecule has 0 spiro atoms. The van der Waals surface area contributed by atoms with E-state index in [0.29, 0.717) is 24.5 Å². The number of hydrogen-bond acceptors (Lipinski definition) is 4. The molecule has 1 aliphatic heterocycles. The zero-order valence-electron chi connectivity index (χ0n) is 15.2. The molecule has 6 nitrogen and oxygen atoms in total. The van der Waals surface area contributed by atoms with Crippen LogP contribution in [0.2, 0.25) is 0 Å². The van der Waals surface area contributed by atoms with Gasteiger partial charge in [-0.05, 0) is 12.8 Å². The summed E-state index contributed by atoms with van der Waals surface area (Å²) < 4.78 is 0. The predicted octanol–water partition coefficient (Wildman–Crippen LogP) is 2.52. The van der Waals surface area contributed by atoms with Gasteiger partial charge in [-0.1, -0.05) is 44.2 Å². The zero-order chi connectivity index (χ0) is 18.5. The molecule has 1 aromatic carbocycles. The SMILES string of the molecule is CC(C)C(=O)NC1CCN(C(=O)c2cnc(-c3ccccc3)nc2)CC1. The molecule has 0 saturated carbocycles. The highest BCUT2D eigenvalue weighted by molar-refractivity contribution is 5.93. The van der Waals surface area contributed by atoms with Gasteiger partial charge in [0.15, 0.2) is 5.82 Å². The summed E-state index contributed by atoms with van der Waals surface area (Å²) in [7, 11) is 0. The molecule has 2 heterocycles. The van der Waals surface area contributed by atoms with Crippen LogP contribution in [0.25, 0.3) is 11.4 Å². The number of carbonyl (C=O) groups excluding carboxylic acids is 2. The third kappa shape index (κ3) is 4.25. The highest BCUT2D eigenvalue weighted by Crippen LogP contribution is 2.16. The lowest BCUT2D eigenvalue weighted by atomic mass is 10.0. The van der Waals surface area contributed by atoms with Crippen LogP contribution in [0.15, 0.2) is 42.7 Å². The molecule has 0 atom stereocenters. The molecule has 2 aromatic rings. The summed E-state index contributed by atoms with van der Waals surface area (Å²) >= 11 is 0. The molecule has 2 amide bonds. The fourth-order valence-electron chi connectivity index (χ4n) is 2.95. The third-order valence-electron chi connectivity index (χ3n) is 4.58. The van der Waals surface area contributed by atoms with Gasteiger partial charge in [-0.3, -0.25) is 9.59 Å². The van der Waals surface area contributed by atoms with Crippen molar-refractivity contribution in [3.63, 3.8) is 0 Å². The van der Waals surface area contributed by atoms with E-state index in [1.165, 1.54) is 0 Å². The summed E-state index contributed by atoms with van der Waals surface area (Å²) in [6.07, 6.45) is 4.72. The number of nitrogens with one attached hydrogen (secondary N) is 1. The van der Waals surface area contributed by atoms with Crippen LogP contribution >= 0.6 is 0 Å². The normalized spacial score (nSPS) is 15.1. The molecule has 1 aliphatic rings. The van der Waals surface area contributed by atoms with Crippen molar-refractivity contribution in [2.75, 3.05) is 13.1 Å². The van der Waals surface area contributed by atoms with Crippen LogP contribution in [0.3, 0.4) is 0 Å². The Morgan fingerprint density at radius 2 is 1.69 bits per heavy atom. The first-order chi connectivity index (χ1) is 12.5. The predicted molar refractivity (Wildman–Crippen MR) is 99.4 cm³/mol. The van der Waals surface area contributed by atoms with Gasteiger partial charge in [0, 0.05) is 43.0 Å². The fourth-order valence-corrected chi connectivity index (χ4v) is 2.95. The first kappa shape index (κ1) is 18.0. The Morgan fingerprint density at radius 3 is 2.27 bits per heavy atom. The molecule has 3 rings (SSSR count). The summed E-state index contributed by atoms with van der Waals surface area (Å²) in [5, 5.41) is 3.04. The van der Waals surface area contributed by atoms with Crippen LogP contribution in [0.5, 0.6) is 0 Å². The van der Waals surface area contributed by atoms with Gasteiger partial charge in [0.2, 0.25) is 5.91 Å². The Bertz CT molecular complexity index is 751. The maximum Gasteiger partial charge on any atom is 0.256 e. The molecular formula is C20H24N4O2. The van der Waals surface area contributed by atoms with Crippen LogP contribution < -0.4 is 5.32 Å². The molecule has 1 aromatic heterocycles. The monoisotopic (exact) mass is 352 g/mol. The van der Waals surface area contributed by atoms with Crippen molar-refractivity contribution in [1.29, 1.82) is 0 Å². The number of aromatic nitrogens is 2. The minimum Gasteiger partial charge on any atom is -0.353 e. The van der Waals surface area contributed by atoms with Crippen LogP contribution in [0.1, 0.15) is 37.0 Å². The molecule has 136 valence electrons. The number of amides is 2. The number of nitrogens with zero attached hydrogens (tertiary/aromatic N) is 3. The van der Waals surface area contributed by atoms with Crippen molar-refractivity contribution in [3.8, 4) is 11.4 Å². The topological polar surface area (TPSA) is 75.2 Å². The van der Waals surface area contributed by atoms with Gasteiger partial charge in [-0.2, -0.15) is 0 Å². The maximum absolute atomic E-state index is 12.6. The highest BCUT2D eigenvalue weighted by atomic mass is 16.2. The second-order valence-electron chi connectivity index (χ2n) is 6.89. The minimum atomic E-state index is -0.0572. The molecule has 1 fully saturated rings. The second-order valence-corrected chi connectivity index (χ2v) is 6.89. The average Bonchev–Trinajstić information content (AvgIpc) is 2.69. The standard InChI is InChI=1S/C20H24N4O2/c1-14(2)19(25)23-17-8-10-24(11-9-17)20(26)16-12-21-18(22-13-16)15-6-4-3-5-7-15/h3-7,12-14,17H,8-11H2,1-2H3,(H,23,25). The van der Waals surface area contributed by atoms with E-state index in [1.807, 2.05) is 44.2 Å². The van der Waals surface area contributed by atoms with Crippen LogP contribution in [0.4, 0.5) is 0 Å². The molecule has 0 unspecified atom stereocenters. The van der Waals surface area contributed by atoms with Gasteiger partial charge < -0.3 is 10.2 Å². The Balaban J connectivity index is 1.58. The molecule has 26 heavy (non-hydrogen) atoms. The molecule has 0 radical (unpaired) electrons. The highest BCUT2D eigenvalue weighted by Gasteiger charge is 2.25. The lowest BCUT2D eigenvalue weighted by Gasteiger charge is -2.32. The summed E-state index contributed by atoms with van der Waals surface area (Å²) in [5.74, 6) is 0.602. The summed E-state index contributed by atoms with van der Waals surface area (Å²) in [6.45, 7) is 5.02. The summed E-state index contributed by atoms with van der Waals surface area (Å²) in [5.41, 5.74) is 1.42. The molecule has 0 bridgehead atoms. The lowest BCUT2D eigenvalue weighted by Crippen LogP contribution is -2.47. The Labute approximate surface area is 153 Å². The van der Waals surface area contributed by atoms with E-state index >= 15 is 0 Å². The fraction of sp³-hybridized carbons (Fsp3) is 0.400. The number of piperidine rings is 1. The van der Waals surface area contributed by atoms with Crippen LogP contribution in [0, 0.1) is 5.92 Å². The average molecular weight is 352 g/mol. The number of rotatable bonds is 4. The molecule has 1 saturated heterocycles. The molecule has 0 aliphatic carbocycles. The van der Waals surface area contributed by atoms with Crippen LogP contribution in [-0.2, 0) is 4.79 Å². The van der Waals surface area contributed by atoms with Crippen LogP contribution in [-0.4, -0.2) is 45.8 Å². The van der Waals surface area contributed by atoms with E-state index in [-0.39, 0.29) is 23.8 Å². The van der Waals surface area contributed by atoms with Gasteiger partial charge in [-0.15, -0.1) is 0 Å². The van der Waals surface area contributed by atoms with E-state index in [0.717, 1.165) is 18.4 Å². The van der Waals surface area contributed by atoms with Gasteiger partial charge in [-0.25, -0.2) is 9.97 Å². The Morgan fingerprint density at radius 1 is 1.08 bits per heavy atom. The van der Waals surface area contributed by atoms with Gasteiger partial charge in [0.1, 0.15) is 0 Å². The zero-order valence-corrected chi connectivity index (χ0v) is 15.2. The van der Waals surface area contributed by atoms with Crippen molar-refractivity contribution in [3.05, 3.63) is 48.3 Å². The van der Waals surface area contributed by atoms with Crippen molar-refractivity contribution >= 4 is 11.8 Å². The summed E-state index contributed by atoms with van der Waals surface area (Å²) in [4.78, 5) is 34.9. The van der Waals surface area contributed by atoms with E-state index in [1.54, 1.807) is 17.3 Å². The first-order valence-corrected chi connectivity index (χ1v) is 9.01. The quantitative estimate of drug-likeness (QED) is 0.917. The van der Waals surface area contributed by atoms with Crippen molar-refractivity contribution < 1.29 is 9.59 Å². The number of benzene rings is 1. The van der Waals surface area contributed by atoms with Crippen molar-refractivity contribution in [1.82, 2.24) is 20.2 Å². The van der Waals surface area contributed by atoms with E-state index < -0.39 is 0 Å². The number of hydrogen-bond donors (Lipinski definition) is 1. The van der Waals surface area contributed by atoms with E-state index in [2.05, 4.69) is 15.3 Å². The third-order valence-corrected chi connectivity index (χ3v) is 4.58. The van der Waals surface area contributed by atoms with Gasteiger partial charge in [0.05, 0.1) is 5.56 Å². The largest absolute Gasteiger partial charge is 0.353 e. The maximum atomic E-state index is 12.6. The number of likely N-dealkylation sites (tertiary alicyclic amines) is 1. The Kier molecular flexibility index (Phi) is 5.61. The van der Waals surface area contributed by atoms with E-state index in [9.17, 15) is 9.59 Å². The molecular weight excluding hydrogens is 328 g/mol. The van der Waals surface area contributed by atoms with Gasteiger partial charge in [0.25, 0.3) is 5.91 Å². The second kappa shape index (κ2) is 8.08. The number of carbonyl (C=O) groups is 2. The minimum absolute atomic E-state index is 0.0186. The summed E-state index contributed by atoms with van der Waals surface area (Å²) in [6, 6.07) is 9.82.